The number of halogens is 1. The van der Waals surface area contributed by atoms with Gasteiger partial charge in [0.1, 0.15) is 16.5 Å². The molecule has 2 N–H and O–H groups in total. The van der Waals surface area contributed by atoms with Crippen molar-refractivity contribution in [2.24, 2.45) is 0 Å². The fourth-order valence-electron chi connectivity index (χ4n) is 1.98. The lowest BCUT2D eigenvalue weighted by Gasteiger charge is -2.06. The molecule has 0 saturated heterocycles. The lowest BCUT2D eigenvalue weighted by Crippen LogP contribution is -2.42. The Morgan fingerprint density at radius 3 is 2.33 bits per heavy atom. The first-order valence-electron chi connectivity index (χ1n) is 7.01. The lowest BCUT2D eigenvalue weighted by atomic mass is 10.2. The van der Waals surface area contributed by atoms with Gasteiger partial charge < -0.3 is 0 Å². The monoisotopic (exact) mass is 341 g/mol. The summed E-state index contributed by atoms with van der Waals surface area (Å²) < 4.78 is 13.5. The van der Waals surface area contributed by atoms with Gasteiger partial charge in [0.05, 0.1) is 5.56 Å². The summed E-state index contributed by atoms with van der Waals surface area (Å²) in [5.74, 6) is -1.97. The third kappa shape index (κ3) is 3.47. The van der Waals surface area contributed by atoms with E-state index in [9.17, 15) is 14.0 Å². The number of hydrogen-bond donors (Lipinski definition) is 2. The van der Waals surface area contributed by atoms with Gasteiger partial charge in [-0.25, -0.2) is 9.37 Å². The number of hydrogen-bond acceptors (Lipinski definition) is 4. The van der Waals surface area contributed by atoms with Gasteiger partial charge in [0, 0.05) is 10.9 Å². The van der Waals surface area contributed by atoms with Crippen molar-refractivity contribution in [2.45, 2.75) is 0 Å². The van der Waals surface area contributed by atoms with Crippen molar-refractivity contribution in [3.05, 3.63) is 77.1 Å². The first kappa shape index (κ1) is 15.8. The van der Waals surface area contributed by atoms with Crippen molar-refractivity contribution in [3.63, 3.8) is 0 Å². The number of amides is 2. The summed E-state index contributed by atoms with van der Waals surface area (Å²) in [4.78, 5) is 28.1. The number of thiazole rings is 1. The Balaban J connectivity index is 1.65. The van der Waals surface area contributed by atoms with Gasteiger partial charge in [-0.1, -0.05) is 42.5 Å². The van der Waals surface area contributed by atoms with Gasteiger partial charge in [0.25, 0.3) is 11.8 Å². The zero-order chi connectivity index (χ0) is 16.9. The van der Waals surface area contributed by atoms with Crippen LogP contribution in [0.3, 0.4) is 0 Å². The SMILES string of the molecule is O=C(NNC(=O)c1ccccc1F)c1csc(-c2ccccc2)n1. The van der Waals surface area contributed by atoms with Crippen LogP contribution in [0.2, 0.25) is 0 Å². The van der Waals surface area contributed by atoms with Crippen molar-refractivity contribution >= 4 is 23.2 Å². The minimum absolute atomic E-state index is 0.152. The highest BCUT2D eigenvalue weighted by atomic mass is 32.1. The minimum atomic E-state index is -0.736. The molecule has 1 heterocycles. The maximum Gasteiger partial charge on any atom is 0.289 e. The number of carbonyl (C=O) groups is 2. The number of aromatic nitrogens is 1. The second-order valence-corrected chi connectivity index (χ2v) is 5.65. The molecule has 0 aliphatic heterocycles. The number of hydrazine groups is 1. The maximum atomic E-state index is 13.5. The molecule has 7 heteroatoms. The largest absolute Gasteiger partial charge is 0.289 e. The molecule has 2 amide bonds. The third-order valence-corrected chi connectivity index (χ3v) is 4.06. The molecule has 0 bridgehead atoms. The summed E-state index contributed by atoms with van der Waals surface area (Å²) in [6, 6.07) is 14.9. The van der Waals surface area contributed by atoms with E-state index in [4.69, 9.17) is 0 Å². The van der Waals surface area contributed by atoms with Crippen LogP contribution in [0.25, 0.3) is 10.6 Å². The molecule has 120 valence electrons. The van der Waals surface area contributed by atoms with Crippen LogP contribution >= 0.6 is 11.3 Å². The first-order valence-corrected chi connectivity index (χ1v) is 7.89. The molecule has 3 rings (SSSR count). The maximum absolute atomic E-state index is 13.5. The standard InChI is InChI=1S/C17H12FN3O2S/c18-13-9-5-4-8-12(13)15(22)20-21-16(23)14-10-24-17(19-14)11-6-2-1-3-7-11/h1-10H,(H,20,22)(H,21,23). The topological polar surface area (TPSA) is 71.1 Å². The number of benzene rings is 2. The normalized spacial score (nSPS) is 10.2. The number of nitrogens with one attached hydrogen (secondary N) is 2. The molecule has 24 heavy (non-hydrogen) atoms. The molecule has 0 aliphatic rings. The van der Waals surface area contributed by atoms with E-state index in [-0.39, 0.29) is 11.3 Å². The third-order valence-electron chi connectivity index (χ3n) is 3.17. The van der Waals surface area contributed by atoms with E-state index < -0.39 is 17.6 Å². The van der Waals surface area contributed by atoms with Crippen LogP contribution in [0.4, 0.5) is 4.39 Å². The summed E-state index contributed by atoms with van der Waals surface area (Å²) in [6.45, 7) is 0. The molecule has 0 saturated carbocycles. The van der Waals surface area contributed by atoms with Crippen LogP contribution in [0.5, 0.6) is 0 Å². The summed E-state index contributed by atoms with van der Waals surface area (Å²) in [5, 5.41) is 2.29. The summed E-state index contributed by atoms with van der Waals surface area (Å²) in [7, 11) is 0. The molecular weight excluding hydrogens is 329 g/mol. The molecule has 2 aromatic carbocycles. The average molecular weight is 341 g/mol. The van der Waals surface area contributed by atoms with E-state index in [1.165, 1.54) is 35.6 Å². The van der Waals surface area contributed by atoms with Crippen LogP contribution in [0, 0.1) is 5.82 Å². The van der Waals surface area contributed by atoms with Crippen molar-refractivity contribution in [1.29, 1.82) is 0 Å². The van der Waals surface area contributed by atoms with Crippen LogP contribution in [-0.4, -0.2) is 16.8 Å². The van der Waals surface area contributed by atoms with Crippen molar-refractivity contribution in [2.75, 3.05) is 0 Å². The predicted molar refractivity (Wildman–Crippen MR) is 88.9 cm³/mol. The van der Waals surface area contributed by atoms with Gasteiger partial charge >= 0.3 is 0 Å². The van der Waals surface area contributed by atoms with E-state index in [1.54, 1.807) is 5.38 Å². The molecule has 0 fully saturated rings. The summed E-state index contributed by atoms with van der Waals surface area (Å²) in [6.07, 6.45) is 0. The van der Waals surface area contributed by atoms with E-state index in [0.29, 0.717) is 5.01 Å². The Morgan fingerprint density at radius 1 is 0.917 bits per heavy atom. The van der Waals surface area contributed by atoms with E-state index in [1.807, 2.05) is 30.3 Å². The predicted octanol–water partition coefficient (Wildman–Crippen LogP) is 3.02. The van der Waals surface area contributed by atoms with Gasteiger partial charge in [-0.2, -0.15) is 0 Å². The summed E-state index contributed by atoms with van der Waals surface area (Å²) in [5.41, 5.74) is 5.32. The highest BCUT2D eigenvalue weighted by Crippen LogP contribution is 2.23. The van der Waals surface area contributed by atoms with Gasteiger partial charge in [0.2, 0.25) is 0 Å². The Morgan fingerprint density at radius 2 is 1.58 bits per heavy atom. The molecule has 0 aliphatic carbocycles. The number of rotatable bonds is 3. The number of nitrogens with zero attached hydrogens (tertiary/aromatic N) is 1. The van der Waals surface area contributed by atoms with Crippen molar-refractivity contribution < 1.29 is 14.0 Å². The van der Waals surface area contributed by atoms with Crippen LogP contribution in [0.1, 0.15) is 20.8 Å². The van der Waals surface area contributed by atoms with Gasteiger partial charge in [-0.3, -0.25) is 20.4 Å². The fourth-order valence-corrected chi connectivity index (χ4v) is 2.79. The lowest BCUT2D eigenvalue weighted by molar-refractivity contribution is 0.0842. The van der Waals surface area contributed by atoms with E-state index in [2.05, 4.69) is 15.8 Å². The minimum Gasteiger partial charge on any atom is -0.267 e. The highest BCUT2D eigenvalue weighted by Gasteiger charge is 2.15. The molecule has 0 unspecified atom stereocenters. The number of carbonyl (C=O) groups excluding carboxylic acids is 2. The molecular formula is C17H12FN3O2S. The van der Waals surface area contributed by atoms with E-state index in [0.717, 1.165) is 5.56 Å². The fraction of sp³-hybridized carbons (Fsp3) is 0. The van der Waals surface area contributed by atoms with Crippen LogP contribution < -0.4 is 10.9 Å². The van der Waals surface area contributed by atoms with Gasteiger partial charge in [-0.15, -0.1) is 11.3 Å². The Labute approximate surface area is 141 Å². The van der Waals surface area contributed by atoms with Crippen LogP contribution in [-0.2, 0) is 0 Å². The molecule has 0 radical (unpaired) electrons. The Bertz CT molecular complexity index is 880. The first-order chi connectivity index (χ1) is 11.6. The second-order valence-electron chi connectivity index (χ2n) is 4.79. The molecule has 1 aromatic heterocycles. The summed E-state index contributed by atoms with van der Waals surface area (Å²) >= 11 is 1.32. The van der Waals surface area contributed by atoms with Crippen LogP contribution in [0.15, 0.2) is 60.0 Å². The molecule has 3 aromatic rings. The quantitative estimate of drug-likeness (QED) is 0.720. The van der Waals surface area contributed by atoms with E-state index >= 15 is 0 Å². The molecule has 5 nitrogen and oxygen atoms in total. The zero-order valence-electron chi connectivity index (χ0n) is 12.3. The van der Waals surface area contributed by atoms with Gasteiger partial charge in [-0.05, 0) is 12.1 Å². The zero-order valence-corrected chi connectivity index (χ0v) is 13.1. The van der Waals surface area contributed by atoms with Crippen molar-refractivity contribution in [3.8, 4) is 10.6 Å². The molecule has 0 atom stereocenters. The smallest absolute Gasteiger partial charge is 0.267 e. The Hall–Kier alpha value is -3.06. The molecule has 0 spiro atoms. The van der Waals surface area contributed by atoms with Crippen molar-refractivity contribution in [1.82, 2.24) is 15.8 Å². The highest BCUT2D eigenvalue weighted by molar-refractivity contribution is 7.13. The average Bonchev–Trinajstić information content (AvgIpc) is 3.11. The second kappa shape index (κ2) is 7.01. The Kier molecular flexibility index (Phi) is 4.62. The van der Waals surface area contributed by atoms with Gasteiger partial charge in [0.15, 0.2) is 0 Å².